The molecule has 0 fully saturated rings. The van der Waals surface area contributed by atoms with Gasteiger partial charge in [0.25, 0.3) is 0 Å². The summed E-state index contributed by atoms with van der Waals surface area (Å²) < 4.78 is 1.63. The first kappa shape index (κ1) is 12.2. The molecular formula is C11H16N4O. The number of hydrogen-bond acceptors (Lipinski definition) is 3. The van der Waals surface area contributed by atoms with Crippen LogP contribution in [0.5, 0.6) is 0 Å². The van der Waals surface area contributed by atoms with E-state index >= 15 is 0 Å². The number of carbonyl (C=O) groups excluding carboxylic acids is 1. The summed E-state index contributed by atoms with van der Waals surface area (Å²) in [6, 6.07) is 2.04. The molecule has 0 aliphatic heterocycles. The SMILES string of the molecule is CCC(C)(C#N)C(=O)Nc1cn(C)nc1C. The second-order valence-electron chi connectivity index (χ2n) is 4.05. The summed E-state index contributed by atoms with van der Waals surface area (Å²) in [4.78, 5) is 11.9. The van der Waals surface area contributed by atoms with E-state index in [4.69, 9.17) is 5.26 Å². The summed E-state index contributed by atoms with van der Waals surface area (Å²) in [5.41, 5.74) is 0.414. The Balaban J connectivity index is 2.87. The third-order valence-corrected chi connectivity index (χ3v) is 2.72. The van der Waals surface area contributed by atoms with E-state index in [0.717, 1.165) is 5.69 Å². The van der Waals surface area contributed by atoms with Crippen molar-refractivity contribution in [2.24, 2.45) is 12.5 Å². The van der Waals surface area contributed by atoms with Crippen LogP contribution in [0.4, 0.5) is 5.69 Å². The van der Waals surface area contributed by atoms with Crippen molar-refractivity contribution in [1.29, 1.82) is 5.26 Å². The second kappa shape index (κ2) is 4.35. The van der Waals surface area contributed by atoms with Crippen molar-refractivity contribution in [2.75, 3.05) is 5.32 Å². The summed E-state index contributed by atoms with van der Waals surface area (Å²) >= 11 is 0. The Morgan fingerprint density at radius 1 is 1.75 bits per heavy atom. The highest BCUT2D eigenvalue weighted by Crippen LogP contribution is 2.23. The predicted molar refractivity (Wildman–Crippen MR) is 60.6 cm³/mol. The lowest BCUT2D eigenvalue weighted by molar-refractivity contribution is -0.122. The maximum absolute atomic E-state index is 11.9. The smallest absolute Gasteiger partial charge is 0.244 e. The van der Waals surface area contributed by atoms with Crippen LogP contribution in [0.1, 0.15) is 26.0 Å². The van der Waals surface area contributed by atoms with Gasteiger partial charge >= 0.3 is 0 Å². The first-order valence-corrected chi connectivity index (χ1v) is 5.16. The molecule has 5 nitrogen and oxygen atoms in total. The van der Waals surface area contributed by atoms with Gasteiger partial charge in [-0.2, -0.15) is 10.4 Å². The third kappa shape index (κ3) is 2.22. The van der Waals surface area contributed by atoms with Crippen LogP contribution in [0.2, 0.25) is 0 Å². The van der Waals surface area contributed by atoms with Gasteiger partial charge in [-0.05, 0) is 20.3 Å². The minimum atomic E-state index is -0.984. The van der Waals surface area contributed by atoms with Gasteiger partial charge in [-0.3, -0.25) is 9.48 Å². The molecule has 86 valence electrons. The van der Waals surface area contributed by atoms with Gasteiger partial charge in [0.15, 0.2) is 0 Å². The molecule has 16 heavy (non-hydrogen) atoms. The zero-order valence-corrected chi connectivity index (χ0v) is 10.0. The molecule has 0 saturated carbocycles. The average Bonchev–Trinajstić information content (AvgIpc) is 2.56. The highest BCUT2D eigenvalue weighted by molar-refractivity contribution is 5.97. The van der Waals surface area contributed by atoms with E-state index in [1.807, 2.05) is 19.9 Å². The number of aromatic nitrogens is 2. The van der Waals surface area contributed by atoms with Crippen LogP contribution in [0.3, 0.4) is 0 Å². The zero-order valence-electron chi connectivity index (χ0n) is 10.0. The van der Waals surface area contributed by atoms with E-state index in [1.54, 1.807) is 24.9 Å². The van der Waals surface area contributed by atoms with Crippen LogP contribution >= 0.6 is 0 Å². The van der Waals surface area contributed by atoms with Gasteiger partial charge in [0.05, 0.1) is 17.5 Å². The van der Waals surface area contributed by atoms with Crippen LogP contribution in [0, 0.1) is 23.7 Å². The summed E-state index contributed by atoms with van der Waals surface area (Å²) in [5.74, 6) is -0.284. The standard InChI is InChI=1S/C11H16N4O/c1-5-11(3,7-12)10(16)13-9-6-15(4)14-8(9)2/h6H,5H2,1-4H3,(H,13,16). The van der Waals surface area contributed by atoms with Crippen LogP contribution in [-0.2, 0) is 11.8 Å². The molecule has 1 unspecified atom stereocenters. The molecule has 1 aromatic heterocycles. The number of rotatable bonds is 3. The van der Waals surface area contributed by atoms with Gasteiger partial charge in [0.2, 0.25) is 5.91 Å². The minimum absolute atomic E-state index is 0.284. The van der Waals surface area contributed by atoms with E-state index in [0.29, 0.717) is 12.1 Å². The fraction of sp³-hybridized carbons (Fsp3) is 0.545. The summed E-state index contributed by atoms with van der Waals surface area (Å²) in [6.45, 7) is 5.26. The molecular weight excluding hydrogens is 204 g/mol. The fourth-order valence-electron chi connectivity index (χ4n) is 1.27. The van der Waals surface area contributed by atoms with Crippen LogP contribution in [-0.4, -0.2) is 15.7 Å². The highest BCUT2D eigenvalue weighted by Gasteiger charge is 2.31. The van der Waals surface area contributed by atoms with Gasteiger partial charge in [0, 0.05) is 13.2 Å². The first-order valence-electron chi connectivity index (χ1n) is 5.16. The van der Waals surface area contributed by atoms with E-state index < -0.39 is 5.41 Å². The van der Waals surface area contributed by atoms with Crippen molar-refractivity contribution in [2.45, 2.75) is 27.2 Å². The van der Waals surface area contributed by atoms with Crippen LogP contribution in [0.15, 0.2) is 6.20 Å². The lowest BCUT2D eigenvalue weighted by Gasteiger charge is -2.17. The summed E-state index contributed by atoms with van der Waals surface area (Å²) in [5, 5.41) is 15.8. The maximum Gasteiger partial charge on any atom is 0.244 e. The number of nitriles is 1. The molecule has 0 aromatic carbocycles. The van der Waals surface area contributed by atoms with Gasteiger partial charge in [-0.25, -0.2) is 0 Å². The second-order valence-corrected chi connectivity index (χ2v) is 4.05. The third-order valence-electron chi connectivity index (χ3n) is 2.72. The van der Waals surface area contributed by atoms with Gasteiger partial charge in [-0.15, -0.1) is 0 Å². The Labute approximate surface area is 95.1 Å². The van der Waals surface area contributed by atoms with Crippen molar-refractivity contribution in [3.63, 3.8) is 0 Å². The van der Waals surface area contributed by atoms with E-state index in [-0.39, 0.29) is 5.91 Å². The maximum atomic E-state index is 11.9. The molecule has 1 atom stereocenters. The molecule has 0 saturated heterocycles. The van der Waals surface area contributed by atoms with Gasteiger partial charge in [-0.1, -0.05) is 6.92 Å². The molecule has 1 heterocycles. The van der Waals surface area contributed by atoms with E-state index in [9.17, 15) is 4.79 Å². The number of aryl methyl sites for hydroxylation is 2. The zero-order chi connectivity index (χ0) is 12.3. The van der Waals surface area contributed by atoms with E-state index in [2.05, 4.69) is 10.4 Å². The first-order chi connectivity index (χ1) is 7.42. The van der Waals surface area contributed by atoms with Crippen LogP contribution < -0.4 is 5.32 Å². The lowest BCUT2D eigenvalue weighted by Crippen LogP contribution is -2.31. The number of anilines is 1. The molecule has 0 bridgehead atoms. The Kier molecular flexibility index (Phi) is 3.33. The highest BCUT2D eigenvalue weighted by atomic mass is 16.2. The number of hydrogen-bond donors (Lipinski definition) is 1. The Morgan fingerprint density at radius 2 is 2.38 bits per heavy atom. The molecule has 0 aliphatic carbocycles. The quantitative estimate of drug-likeness (QED) is 0.841. The molecule has 1 N–H and O–H groups in total. The largest absolute Gasteiger partial charge is 0.322 e. The average molecular weight is 220 g/mol. The van der Waals surface area contributed by atoms with Gasteiger partial charge < -0.3 is 5.32 Å². The van der Waals surface area contributed by atoms with Crippen molar-refractivity contribution in [3.8, 4) is 6.07 Å². The normalized spacial score (nSPS) is 13.9. The Bertz CT molecular complexity index is 443. The summed E-state index contributed by atoms with van der Waals surface area (Å²) in [6.07, 6.45) is 2.20. The molecule has 0 aliphatic rings. The van der Waals surface area contributed by atoms with Crippen molar-refractivity contribution in [3.05, 3.63) is 11.9 Å². The summed E-state index contributed by atoms with van der Waals surface area (Å²) in [7, 11) is 1.78. The molecule has 1 amide bonds. The van der Waals surface area contributed by atoms with E-state index in [1.165, 1.54) is 0 Å². The minimum Gasteiger partial charge on any atom is -0.322 e. The molecule has 0 spiro atoms. The lowest BCUT2D eigenvalue weighted by atomic mass is 9.88. The number of amides is 1. The Morgan fingerprint density at radius 3 is 2.75 bits per heavy atom. The monoisotopic (exact) mass is 220 g/mol. The van der Waals surface area contributed by atoms with Crippen molar-refractivity contribution < 1.29 is 4.79 Å². The number of nitrogens with zero attached hydrogens (tertiary/aromatic N) is 3. The van der Waals surface area contributed by atoms with Crippen molar-refractivity contribution in [1.82, 2.24) is 9.78 Å². The molecule has 0 radical (unpaired) electrons. The Hall–Kier alpha value is -1.83. The molecule has 5 heteroatoms. The fourth-order valence-corrected chi connectivity index (χ4v) is 1.27. The number of carbonyl (C=O) groups is 1. The molecule has 1 rings (SSSR count). The topological polar surface area (TPSA) is 70.7 Å². The van der Waals surface area contributed by atoms with Gasteiger partial charge in [0.1, 0.15) is 5.41 Å². The van der Waals surface area contributed by atoms with Crippen molar-refractivity contribution >= 4 is 11.6 Å². The molecule has 1 aromatic rings. The van der Waals surface area contributed by atoms with Crippen LogP contribution in [0.25, 0.3) is 0 Å². The number of nitrogens with one attached hydrogen (secondary N) is 1. The predicted octanol–water partition coefficient (Wildman–Crippen LogP) is 1.61.